The number of hydrogen-bond acceptors (Lipinski definition) is 3. The van der Waals surface area contributed by atoms with E-state index < -0.39 is 0 Å². The smallest absolute Gasteiger partial charge is 0.230 e. The van der Waals surface area contributed by atoms with E-state index in [0.29, 0.717) is 5.92 Å². The molecule has 1 aliphatic rings. The summed E-state index contributed by atoms with van der Waals surface area (Å²) in [6.45, 7) is 5.82. The highest BCUT2D eigenvalue weighted by atomic mass is 16.2. The first-order valence-corrected chi connectivity index (χ1v) is 5.76. The molecule has 16 heavy (non-hydrogen) atoms. The van der Waals surface area contributed by atoms with Crippen molar-refractivity contribution in [2.24, 2.45) is 11.8 Å². The molecule has 1 aromatic rings. The van der Waals surface area contributed by atoms with Crippen LogP contribution in [0.3, 0.4) is 0 Å². The SMILES string of the molecule is CCc1cn[nH]c1NC(=O)C1CNCC1C. The first kappa shape index (κ1) is 11.1. The number of hydrogen-bond donors (Lipinski definition) is 3. The molecule has 2 heterocycles. The van der Waals surface area contributed by atoms with Crippen LogP contribution in [0.2, 0.25) is 0 Å². The van der Waals surface area contributed by atoms with E-state index in [-0.39, 0.29) is 11.8 Å². The standard InChI is InChI=1S/C11H18N4O/c1-3-8-5-13-15-10(8)14-11(16)9-6-12-4-7(9)2/h5,7,9,12H,3-4,6H2,1-2H3,(H2,13,14,15,16). The third-order valence-electron chi connectivity index (χ3n) is 3.20. The van der Waals surface area contributed by atoms with Crippen molar-refractivity contribution in [3.8, 4) is 0 Å². The third-order valence-corrected chi connectivity index (χ3v) is 3.20. The Kier molecular flexibility index (Phi) is 3.24. The summed E-state index contributed by atoms with van der Waals surface area (Å²) in [5.41, 5.74) is 1.05. The Morgan fingerprint density at radius 2 is 2.44 bits per heavy atom. The van der Waals surface area contributed by atoms with Crippen LogP contribution in [0, 0.1) is 11.8 Å². The predicted molar refractivity (Wildman–Crippen MR) is 62.1 cm³/mol. The van der Waals surface area contributed by atoms with Crippen molar-refractivity contribution >= 4 is 11.7 Å². The summed E-state index contributed by atoms with van der Waals surface area (Å²) in [5, 5.41) is 12.9. The van der Waals surface area contributed by atoms with E-state index >= 15 is 0 Å². The molecule has 2 rings (SSSR count). The maximum atomic E-state index is 12.0. The van der Waals surface area contributed by atoms with Crippen molar-refractivity contribution in [3.63, 3.8) is 0 Å². The minimum atomic E-state index is 0.0630. The van der Waals surface area contributed by atoms with Crippen LogP contribution in [0.1, 0.15) is 19.4 Å². The summed E-state index contributed by atoms with van der Waals surface area (Å²) in [6, 6.07) is 0. The molecule has 2 unspecified atom stereocenters. The zero-order valence-corrected chi connectivity index (χ0v) is 9.71. The lowest BCUT2D eigenvalue weighted by Gasteiger charge is -2.13. The fourth-order valence-electron chi connectivity index (χ4n) is 2.06. The first-order valence-electron chi connectivity index (χ1n) is 5.76. The van der Waals surface area contributed by atoms with Gasteiger partial charge in [-0.15, -0.1) is 0 Å². The number of nitrogens with one attached hydrogen (secondary N) is 3. The van der Waals surface area contributed by atoms with Crippen LogP contribution in [0.4, 0.5) is 5.82 Å². The Bertz CT molecular complexity index is 374. The zero-order valence-electron chi connectivity index (χ0n) is 9.71. The van der Waals surface area contributed by atoms with Gasteiger partial charge >= 0.3 is 0 Å². The molecule has 1 saturated heterocycles. The molecule has 1 amide bonds. The van der Waals surface area contributed by atoms with Gasteiger partial charge in [-0.2, -0.15) is 5.10 Å². The van der Waals surface area contributed by atoms with E-state index in [2.05, 4.69) is 27.8 Å². The largest absolute Gasteiger partial charge is 0.316 e. The molecule has 5 nitrogen and oxygen atoms in total. The molecule has 2 atom stereocenters. The Morgan fingerprint density at radius 1 is 1.62 bits per heavy atom. The van der Waals surface area contributed by atoms with Crippen molar-refractivity contribution in [1.82, 2.24) is 15.5 Å². The maximum Gasteiger partial charge on any atom is 0.230 e. The molecule has 0 aromatic carbocycles. The van der Waals surface area contributed by atoms with Gasteiger partial charge < -0.3 is 10.6 Å². The summed E-state index contributed by atoms with van der Waals surface area (Å²) < 4.78 is 0. The molecular weight excluding hydrogens is 204 g/mol. The van der Waals surface area contributed by atoms with E-state index in [1.54, 1.807) is 6.20 Å². The second-order valence-corrected chi connectivity index (χ2v) is 4.36. The number of aromatic amines is 1. The van der Waals surface area contributed by atoms with Crippen LogP contribution in [-0.2, 0) is 11.2 Å². The van der Waals surface area contributed by atoms with E-state index in [1.165, 1.54) is 0 Å². The Hall–Kier alpha value is -1.36. The predicted octanol–water partition coefficient (Wildman–Crippen LogP) is 0.766. The zero-order chi connectivity index (χ0) is 11.5. The third kappa shape index (κ3) is 2.09. The Balaban J connectivity index is 2.02. The van der Waals surface area contributed by atoms with E-state index in [9.17, 15) is 4.79 Å². The van der Waals surface area contributed by atoms with Gasteiger partial charge in [-0.25, -0.2) is 0 Å². The van der Waals surface area contributed by atoms with Gasteiger partial charge in [-0.1, -0.05) is 13.8 Å². The lowest BCUT2D eigenvalue weighted by molar-refractivity contribution is -0.120. The number of carbonyl (C=O) groups excluding carboxylic acids is 1. The van der Waals surface area contributed by atoms with Crippen LogP contribution < -0.4 is 10.6 Å². The van der Waals surface area contributed by atoms with Crippen molar-refractivity contribution < 1.29 is 4.79 Å². The van der Waals surface area contributed by atoms with Crippen LogP contribution >= 0.6 is 0 Å². The molecule has 0 aliphatic carbocycles. The van der Waals surface area contributed by atoms with Gasteiger partial charge in [-0.05, 0) is 18.9 Å². The monoisotopic (exact) mass is 222 g/mol. The van der Waals surface area contributed by atoms with Crippen molar-refractivity contribution in [3.05, 3.63) is 11.8 Å². The molecular formula is C11H18N4O. The molecule has 1 fully saturated rings. The molecule has 1 aliphatic heterocycles. The number of aryl methyl sites for hydroxylation is 1. The van der Waals surface area contributed by atoms with Gasteiger partial charge in [-0.3, -0.25) is 9.89 Å². The molecule has 0 bridgehead atoms. The number of rotatable bonds is 3. The fourth-order valence-corrected chi connectivity index (χ4v) is 2.06. The highest BCUT2D eigenvalue weighted by Crippen LogP contribution is 2.19. The van der Waals surface area contributed by atoms with Crippen LogP contribution in [0.15, 0.2) is 6.20 Å². The van der Waals surface area contributed by atoms with Crippen molar-refractivity contribution in [2.75, 3.05) is 18.4 Å². The second kappa shape index (κ2) is 4.65. The van der Waals surface area contributed by atoms with Crippen LogP contribution in [0.25, 0.3) is 0 Å². The van der Waals surface area contributed by atoms with Gasteiger partial charge in [0.15, 0.2) is 0 Å². The number of carbonyl (C=O) groups is 1. The van der Waals surface area contributed by atoms with E-state index in [4.69, 9.17) is 0 Å². The molecule has 1 aromatic heterocycles. The highest BCUT2D eigenvalue weighted by Gasteiger charge is 2.29. The number of anilines is 1. The Labute approximate surface area is 95.0 Å². The number of H-pyrrole nitrogens is 1. The summed E-state index contributed by atoms with van der Waals surface area (Å²) in [7, 11) is 0. The Morgan fingerprint density at radius 3 is 3.06 bits per heavy atom. The fraction of sp³-hybridized carbons (Fsp3) is 0.636. The summed E-state index contributed by atoms with van der Waals surface area (Å²) in [5.74, 6) is 1.28. The molecule has 3 N–H and O–H groups in total. The number of amides is 1. The number of nitrogens with zero attached hydrogens (tertiary/aromatic N) is 1. The van der Waals surface area contributed by atoms with Crippen LogP contribution in [-0.4, -0.2) is 29.2 Å². The molecule has 5 heteroatoms. The molecule has 88 valence electrons. The second-order valence-electron chi connectivity index (χ2n) is 4.36. The minimum Gasteiger partial charge on any atom is -0.316 e. The van der Waals surface area contributed by atoms with Crippen molar-refractivity contribution in [1.29, 1.82) is 0 Å². The van der Waals surface area contributed by atoms with E-state index in [1.807, 2.05) is 6.92 Å². The summed E-state index contributed by atoms with van der Waals surface area (Å²) in [4.78, 5) is 12.0. The van der Waals surface area contributed by atoms with Crippen LogP contribution in [0.5, 0.6) is 0 Å². The average Bonchev–Trinajstić information content (AvgIpc) is 2.86. The number of aromatic nitrogens is 2. The normalized spacial score (nSPS) is 24.6. The highest BCUT2D eigenvalue weighted by molar-refractivity contribution is 5.92. The summed E-state index contributed by atoms with van der Waals surface area (Å²) >= 11 is 0. The van der Waals surface area contributed by atoms with Gasteiger partial charge in [0, 0.05) is 12.1 Å². The van der Waals surface area contributed by atoms with Crippen molar-refractivity contribution in [2.45, 2.75) is 20.3 Å². The topological polar surface area (TPSA) is 69.8 Å². The van der Waals surface area contributed by atoms with Gasteiger partial charge in [0.2, 0.25) is 5.91 Å². The van der Waals surface area contributed by atoms with E-state index in [0.717, 1.165) is 30.9 Å². The van der Waals surface area contributed by atoms with Gasteiger partial charge in [0.25, 0.3) is 0 Å². The first-order chi connectivity index (χ1) is 7.72. The summed E-state index contributed by atoms with van der Waals surface area (Å²) in [6.07, 6.45) is 2.62. The lowest BCUT2D eigenvalue weighted by Crippen LogP contribution is -2.28. The van der Waals surface area contributed by atoms with Gasteiger partial charge in [0.05, 0.1) is 12.1 Å². The minimum absolute atomic E-state index is 0.0630. The molecule has 0 spiro atoms. The maximum absolute atomic E-state index is 12.0. The molecule has 0 saturated carbocycles. The quantitative estimate of drug-likeness (QED) is 0.707. The van der Waals surface area contributed by atoms with Gasteiger partial charge in [0.1, 0.15) is 5.82 Å². The lowest BCUT2D eigenvalue weighted by atomic mass is 9.97. The average molecular weight is 222 g/mol. The molecule has 0 radical (unpaired) electrons.